The molecule has 1 aromatic rings. The fourth-order valence-corrected chi connectivity index (χ4v) is 3.91. The molecule has 3 rings (SSSR count). The Bertz CT molecular complexity index is 574. The monoisotopic (exact) mass is 365 g/mol. The van der Waals surface area contributed by atoms with Crippen LogP contribution in [-0.2, 0) is 4.79 Å². The molecule has 1 atom stereocenters. The maximum absolute atomic E-state index is 12.4. The molecule has 0 aromatic heterocycles. The molecule has 0 radical (unpaired) electrons. The van der Waals surface area contributed by atoms with Gasteiger partial charge in [0.05, 0.1) is 19.2 Å². The predicted octanol–water partition coefficient (Wildman–Crippen LogP) is 2.05. The lowest BCUT2D eigenvalue weighted by Gasteiger charge is -2.29. The van der Waals surface area contributed by atoms with Crippen LogP contribution < -0.4 is 5.32 Å². The fourth-order valence-electron chi connectivity index (χ4n) is 3.64. The van der Waals surface area contributed by atoms with E-state index in [1.807, 2.05) is 18.2 Å². The van der Waals surface area contributed by atoms with Crippen LogP contribution in [0, 0.1) is 0 Å². The quantitative estimate of drug-likeness (QED) is 0.703. The number of nitrogens with zero attached hydrogens (tertiary/aromatic N) is 2. The first-order chi connectivity index (χ1) is 12.2. The van der Waals surface area contributed by atoms with Crippen LogP contribution in [0.3, 0.4) is 0 Å². The second-order valence-electron chi connectivity index (χ2n) is 7.01. The van der Waals surface area contributed by atoms with Crippen molar-refractivity contribution in [1.29, 1.82) is 0 Å². The highest BCUT2D eigenvalue weighted by Crippen LogP contribution is 2.30. The van der Waals surface area contributed by atoms with Crippen molar-refractivity contribution in [1.82, 2.24) is 15.1 Å². The van der Waals surface area contributed by atoms with Gasteiger partial charge in [-0.25, -0.2) is 0 Å². The fraction of sp³-hybridized carbons (Fsp3) is 0.632. The van der Waals surface area contributed by atoms with Crippen molar-refractivity contribution in [2.45, 2.75) is 37.8 Å². The van der Waals surface area contributed by atoms with Gasteiger partial charge in [0.15, 0.2) is 0 Å². The molecule has 1 aliphatic heterocycles. The van der Waals surface area contributed by atoms with Crippen molar-refractivity contribution in [3.8, 4) is 0 Å². The minimum absolute atomic E-state index is 0.0246. The third-order valence-corrected chi connectivity index (χ3v) is 5.48. The van der Waals surface area contributed by atoms with E-state index in [4.69, 9.17) is 11.6 Å². The standard InChI is InChI=1S/C19H28ClN3O2/c20-17-6-2-1-5-16(17)18(22-9-3-4-10-22)13-21-19(25)14-23(11-12-24)15-7-8-15/h1-2,5-6,15,18,24H,3-4,7-14H2,(H,21,25). The number of carbonyl (C=O) groups excluding carboxylic acids is 1. The molecule has 138 valence electrons. The molecule has 1 aromatic carbocycles. The lowest BCUT2D eigenvalue weighted by molar-refractivity contribution is -0.122. The summed E-state index contributed by atoms with van der Waals surface area (Å²) >= 11 is 6.41. The number of rotatable bonds is 9. The molecule has 1 aliphatic carbocycles. The van der Waals surface area contributed by atoms with Crippen LogP contribution in [0.4, 0.5) is 0 Å². The highest BCUT2D eigenvalue weighted by molar-refractivity contribution is 6.31. The van der Waals surface area contributed by atoms with Crippen molar-refractivity contribution in [3.63, 3.8) is 0 Å². The van der Waals surface area contributed by atoms with Gasteiger partial charge in [-0.15, -0.1) is 0 Å². The molecule has 6 heteroatoms. The third-order valence-electron chi connectivity index (χ3n) is 5.14. The highest BCUT2D eigenvalue weighted by Gasteiger charge is 2.30. The highest BCUT2D eigenvalue weighted by atomic mass is 35.5. The van der Waals surface area contributed by atoms with Crippen LogP contribution in [-0.4, -0.2) is 66.2 Å². The van der Waals surface area contributed by atoms with E-state index in [2.05, 4.69) is 21.2 Å². The summed E-state index contributed by atoms with van der Waals surface area (Å²) in [6.07, 6.45) is 4.65. The van der Waals surface area contributed by atoms with E-state index in [-0.39, 0.29) is 18.6 Å². The zero-order valence-electron chi connectivity index (χ0n) is 14.7. The van der Waals surface area contributed by atoms with Gasteiger partial charge in [0, 0.05) is 24.2 Å². The van der Waals surface area contributed by atoms with Gasteiger partial charge in [-0.1, -0.05) is 29.8 Å². The third kappa shape index (κ3) is 5.17. The number of nitrogens with one attached hydrogen (secondary N) is 1. The van der Waals surface area contributed by atoms with Gasteiger partial charge in [-0.2, -0.15) is 0 Å². The van der Waals surface area contributed by atoms with Crippen LogP contribution in [0.5, 0.6) is 0 Å². The van der Waals surface area contributed by atoms with Crippen LogP contribution in [0.1, 0.15) is 37.3 Å². The molecule has 0 spiro atoms. The Morgan fingerprint density at radius 3 is 2.68 bits per heavy atom. The molecular formula is C19H28ClN3O2. The summed E-state index contributed by atoms with van der Waals surface area (Å²) in [7, 11) is 0. The van der Waals surface area contributed by atoms with Gasteiger partial charge in [0.2, 0.25) is 5.91 Å². The predicted molar refractivity (Wildman–Crippen MR) is 99.7 cm³/mol. The van der Waals surface area contributed by atoms with Gasteiger partial charge in [0.25, 0.3) is 0 Å². The summed E-state index contributed by atoms with van der Waals surface area (Å²) in [5, 5.41) is 13.0. The van der Waals surface area contributed by atoms with E-state index in [1.54, 1.807) is 0 Å². The molecule has 1 unspecified atom stereocenters. The van der Waals surface area contributed by atoms with E-state index in [0.717, 1.165) is 36.5 Å². The van der Waals surface area contributed by atoms with E-state index in [1.165, 1.54) is 12.8 Å². The number of hydrogen-bond donors (Lipinski definition) is 2. The van der Waals surface area contributed by atoms with Gasteiger partial charge in [0.1, 0.15) is 0 Å². The maximum atomic E-state index is 12.4. The molecule has 0 bridgehead atoms. The van der Waals surface area contributed by atoms with E-state index in [9.17, 15) is 9.90 Å². The number of amides is 1. The minimum Gasteiger partial charge on any atom is -0.395 e. The smallest absolute Gasteiger partial charge is 0.234 e. The van der Waals surface area contributed by atoms with Crippen molar-refractivity contribution in [3.05, 3.63) is 34.9 Å². The Balaban J connectivity index is 1.60. The molecular weight excluding hydrogens is 338 g/mol. The molecule has 1 saturated carbocycles. The van der Waals surface area contributed by atoms with Gasteiger partial charge < -0.3 is 10.4 Å². The van der Waals surface area contributed by atoms with E-state index >= 15 is 0 Å². The summed E-state index contributed by atoms with van der Waals surface area (Å²) in [6.45, 7) is 3.69. The Labute approximate surface area is 154 Å². The summed E-state index contributed by atoms with van der Waals surface area (Å²) in [5.41, 5.74) is 1.08. The Hall–Kier alpha value is -1.14. The lowest BCUT2D eigenvalue weighted by atomic mass is 10.1. The van der Waals surface area contributed by atoms with Crippen molar-refractivity contribution in [2.24, 2.45) is 0 Å². The van der Waals surface area contributed by atoms with E-state index in [0.29, 0.717) is 25.7 Å². The molecule has 2 N–H and O–H groups in total. The van der Waals surface area contributed by atoms with Crippen LogP contribution >= 0.6 is 11.6 Å². The Morgan fingerprint density at radius 1 is 1.32 bits per heavy atom. The summed E-state index contributed by atoms with van der Waals surface area (Å²) < 4.78 is 0. The molecule has 2 fully saturated rings. The molecule has 2 aliphatic rings. The first-order valence-corrected chi connectivity index (χ1v) is 9.67. The Kier molecular flexibility index (Phi) is 6.70. The minimum atomic E-state index is 0.0246. The first-order valence-electron chi connectivity index (χ1n) is 9.29. The number of benzene rings is 1. The second kappa shape index (κ2) is 8.99. The SMILES string of the molecule is O=C(CN(CCO)C1CC1)NCC(c1ccccc1Cl)N1CCCC1. The summed E-state index contributed by atoms with van der Waals surface area (Å²) in [4.78, 5) is 16.9. The molecule has 25 heavy (non-hydrogen) atoms. The van der Waals surface area contributed by atoms with Gasteiger partial charge >= 0.3 is 0 Å². The molecule has 1 heterocycles. The topological polar surface area (TPSA) is 55.8 Å². The number of aliphatic hydroxyl groups excluding tert-OH is 1. The van der Waals surface area contributed by atoms with Crippen LogP contribution in [0.2, 0.25) is 5.02 Å². The van der Waals surface area contributed by atoms with Crippen molar-refractivity contribution < 1.29 is 9.90 Å². The maximum Gasteiger partial charge on any atom is 0.234 e. The van der Waals surface area contributed by atoms with E-state index < -0.39 is 0 Å². The van der Waals surface area contributed by atoms with Gasteiger partial charge in [-0.3, -0.25) is 14.6 Å². The van der Waals surface area contributed by atoms with Gasteiger partial charge in [-0.05, 0) is 50.4 Å². The average Bonchev–Trinajstić information content (AvgIpc) is 3.32. The number of halogens is 1. The van der Waals surface area contributed by atoms with Crippen molar-refractivity contribution in [2.75, 3.05) is 39.3 Å². The summed E-state index contributed by atoms with van der Waals surface area (Å²) in [6, 6.07) is 8.50. The molecule has 5 nitrogen and oxygen atoms in total. The van der Waals surface area contributed by atoms with Crippen LogP contribution in [0.25, 0.3) is 0 Å². The summed E-state index contributed by atoms with van der Waals surface area (Å²) in [5.74, 6) is 0.0246. The number of aliphatic hydroxyl groups is 1. The first kappa shape index (κ1) is 18.6. The number of carbonyl (C=O) groups is 1. The number of likely N-dealkylation sites (tertiary alicyclic amines) is 1. The normalized spacial score (nSPS) is 19.3. The average molecular weight is 366 g/mol. The Morgan fingerprint density at radius 2 is 2.04 bits per heavy atom. The zero-order valence-corrected chi connectivity index (χ0v) is 15.4. The van der Waals surface area contributed by atoms with Crippen molar-refractivity contribution >= 4 is 17.5 Å². The molecule has 1 saturated heterocycles. The molecule has 1 amide bonds. The van der Waals surface area contributed by atoms with Crippen LogP contribution in [0.15, 0.2) is 24.3 Å². The second-order valence-corrected chi connectivity index (χ2v) is 7.42. The zero-order chi connectivity index (χ0) is 17.6. The lowest BCUT2D eigenvalue weighted by Crippen LogP contribution is -2.43. The number of hydrogen-bond acceptors (Lipinski definition) is 4. The largest absolute Gasteiger partial charge is 0.395 e.